The van der Waals surface area contributed by atoms with Gasteiger partial charge < -0.3 is 10.2 Å². The Morgan fingerprint density at radius 1 is 1.45 bits per heavy atom. The SMILES string of the molecule is CCC(C)C1CN(c2ccc(Br)cc2Cl)C(CC)CN1. The van der Waals surface area contributed by atoms with Crippen LogP contribution in [0.25, 0.3) is 0 Å². The molecular weight excluding hydrogens is 336 g/mol. The number of anilines is 1. The second-order valence-electron chi connectivity index (χ2n) is 5.71. The van der Waals surface area contributed by atoms with Gasteiger partial charge in [0.1, 0.15) is 0 Å². The summed E-state index contributed by atoms with van der Waals surface area (Å²) in [5.74, 6) is 0.685. The molecule has 2 rings (SSSR count). The highest BCUT2D eigenvalue weighted by molar-refractivity contribution is 9.10. The van der Waals surface area contributed by atoms with Crippen molar-refractivity contribution in [2.45, 2.75) is 45.7 Å². The molecular formula is C16H24BrClN2. The summed E-state index contributed by atoms with van der Waals surface area (Å²) in [6.07, 6.45) is 2.34. The molecule has 0 amide bonds. The van der Waals surface area contributed by atoms with Gasteiger partial charge in [-0.2, -0.15) is 0 Å². The molecule has 20 heavy (non-hydrogen) atoms. The first-order valence-electron chi connectivity index (χ1n) is 7.51. The first-order valence-corrected chi connectivity index (χ1v) is 8.69. The van der Waals surface area contributed by atoms with E-state index in [2.05, 4.69) is 59.1 Å². The second kappa shape index (κ2) is 7.15. The molecule has 1 N–H and O–H groups in total. The molecule has 1 aromatic carbocycles. The van der Waals surface area contributed by atoms with E-state index >= 15 is 0 Å². The smallest absolute Gasteiger partial charge is 0.0650 e. The van der Waals surface area contributed by atoms with Gasteiger partial charge in [-0.15, -0.1) is 0 Å². The number of hydrogen-bond donors (Lipinski definition) is 1. The third-order valence-corrected chi connectivity index (χ3v) is 5.27. The summed E-state index contributed by atoms with van der Waals surface area (Å²) >= 11 is 9.94. The maximum atomic E-state index is 6.45. The van der Waals surface area contributed by atoms with E-state index in [1.165, 1.54) is 6.42 Å². The summed E-state index contributed by atoms with van der Waals surface area (Å²) in [6.45, 7) is 8.91. The lowest BCUT2D eigenvalue weighted by atomic mass is 9.94. The monoisotopic (exact) mass is 358 g/mol. The van der Waals surface area contributed by atoms with Crippen molar-refractivity contribution in [3.8, 4) is 0 Å². The highest BCUT2D eigenvalue weighted by atomic mass is 79.9. The van der Waals surface area contributed by atoms with Crippen molar-refractivity contribution in [2.75, 3.05) is 18.0 Å². The summed E-state index contributed by atoms with van der Waals surface area (Å²) in [6, 6.07) is 7.27. The zero-order valence-electron chi connectivity index (χ0n) is 12.5. The molecule has 1 aliphatic rings. The average Bonchev–Trinajstić information content (AvgIpc) is 2.46. The van der Waals surface area contributed by atoms with Crippen molar-refractivity contribution in [1.82, 2.24) is 5.32 Å². The third-order valence-electron chi connectivity index (χ3n) is 4.47. The topological polar surface area (TPSA) is 15.3 Å². The Balaban J connectivity index is 2.24. The van der Waals surface area contributed by atoms with Crippen LogP contribution in [0.4, 0.5) is 5.69 Å². The van der Waals surface area contributed by atoms with Crippen LogP contribution in [0.5, 0.6) is 0 Å². The molecule has 4 heteroatoms. The third kappa shape index (κ3) is 3.49. The van der Waals surface area contributed by atoms with Crippen LogP contribution in [0.1, 0.15) is 33.6 Å². The molecule has 112 valence electrons. The van der Waals surface area contributed by atoms with Crippen LogP contribution < -0.4 is 10.2 Å². The molecule has 1 heterocycles. The Morgan fingerprint density at radius 3 is 2.80 bits per heavy atom. The van der Waals surface area contributed by atoms with Gasteiger partial charge in [-0.1, -0.05) is 54.7 Å². The van der Waals surface area contributed by atoms with E-state index in [4.69, 9.17) is 11.6 Å². The zero-order chi connectivity index (χ0) is 14.7. The number of halogens is 2. The minimum Gasteiger partial charge on any atom is -0.365 e. The summed E-state index contributed by atoms with van der Waals surface area (Å²) < 4.78 is 1.04. The van der Waals surface area contributed by atoms with Gasteiger partial charge in [0, 0.05) is 29.6 Å². The fourth-order valence-electron chi connectivity index (χ4n) is 2.86. The van der Waals surface area contributed by atoms with Crippen LogP contribution in [-0.4, -0.2) is 25.2 Å². The summed E-state index contributed by atoms with van der Waals surface area (Å²) in [5, 5.41) is 4.54. The quantitative estimate of drug-likeness (QED) is 0.838. The van der Waals surface area contributed by atoms with Gasteiger partial charge in [-0.05, 0) is 30.5 Å². The fourth-order valence-corrected chi connectivity index (χ4v) is 3.64. The number of nitrogens with zero attached hydrogens (tertiary/aromatic N) is 1. The summed E-state index contributed by atoms with van der Waals surface area (Å²) in [5.41, 5.74) is 1.16. The van der Waals surface area contributed by atoms with Gasteiger partial charge >= 0.3 is 0 Å². The van der Waals surface area contributed by atoms with Crippen molar-refractivity contribution in [3.63, 3.8) is 0 Å². The van der Waals surface area contributed by atoms with Gasteiger partial charge in [-0.3, -0.25) is 0 Å². The van der Waals surface area contributed by atoms with Crippen molar-refractivity contribution < 1.29 is 0 Å². The lowest BCUT2D eigenvalue weighted by Crippen LogP contribution is -2.58. The molecule has 3 atom stereocenters. The summed E-state index contributed by atoms with van der Waals surface area (Å²) in [4.78, 5) is 2.49. The van der Waals surface area contributed by atoms with E-state index in [-0.39, 0.29) is 0 Å². The van der Waals surface area contributed by atoms with Gasteiger partial charge in [0.25, 0.3) is 0 Å². The largest absolute Gasteiger partial charge is 0.365 e. The standard InChI is InChI=1S/C16H24BrClN2/c1-4-11(3)15-10-20(13(5-2)9-19-15)16-7-6-12(17)8-14(16)18/h6-8,11,13,15,19H,4-5,9-10H2,1-3H3. The molecule has 0 aromatic heterocycles. The number of rotatable bonds is 4. The molecule has 2 nitrogen and oxygen atoms in total. The Morgan fingerprint density at radius 2 is 2.20 bits per heavy atom. The van der Waals surface area contributed by atoms with Crippen molar-refractivity contribution in [1.29, 1.82) is 0 Å². The number of hydrogen-bond acceptors (Lipinski definition) is 2. The van der Waals surface area contributed by atoms with E-state index in [1.54, 1.807) is 0 Å². The van der Waals surface area contributed by atoms with Gasteiger partial charge in [0.15, 0.2) is 0 Å². The molecule has 0 bridgehead atoms. The zero-order valence-corrected chi connectivity index (χ0v) is 14.8. The number of nitrogens with one attached hydrogen (secondary N) is 1. The maximum absolute atomic E-state index is 6.45. The lowest BCUT2D eigenvalue weighted by Gasteiger charge is -2.44. The highest BCUT2D eigenvalue weighted by Gasteiger charge is 2.30. The van der Waals surface area contributed by atoms with Crippen LogP contribution in [0.15, 0.2) is 22.7 Å². The highest BCUT2D eigenvalue weighted by Crippen LogP contribution is 2.32. The Bertz CT molecular complexity index is 452. The van der Waals surface area contributed by atoms with E-state index in [1.807, 2.05) is 6.07 Å². The van der Waals surface area contributed by atoms with Gasteiger partial charge in [0.05, 0.1) is 10.7 Å². The molecule has 0 radical (unpaired) electrons. The number of benzene rings is 1. The predicted molar refractivity (Wildman–Crippen MR) is 91.8 cm³/mol. The van der Waals surface area contributed by atoms with Crippen LogP contribution in [-0.2, 0) is 0 Å². The predicted octanol–water partition coefficient (Wildman–Crippen LogP) is 4.71. The molecule has 0 spiro atoms. The molecule has 0 saturated carbocycles. The minimum absolute atomic E-state index is 0.522. The molecule has 1 saturated heterocycles. The Kier molecular flexibility index (Phi) is 5.76. The Hall–Kier alpha value is -0.250. The van der Waals surface area contributed by atoms with E-state index in [9.17, 15) is 0 Å². The van der Waals surface area contributed by atoms with Gasteiger partial charge in [-0.25, -0.2) is 0 Å². The first kappa shape index (κ1) is 16.1. The molecule has 1 aliphatic heterocycles. The normalized spacial score (nSPS) is 24.8. The minimum atomic E-state index is 0.522. The van der Waals surface area contributed by atoms with Crippen LogP contribution in [0, 0.1) is 5.92 Å². The van der Waals surface area contributed by atoms with Crippen LogP contribution in [0.2, 0.25) is 5.02 Å². The van der Waals surface area contributed by atoms with E-state index < -0.39 is 0 Å². The molecule has 1 fully saturated rings. The Labute approximate surface area is 136 Å². The second-order valence-corrected chi connectivity index (χ2v) is 7.03. The van der Waals surface area contributed by atoms with Crippen LogP contribution in [0.3, 0.4) is 0 Å². The average molecular weight is 360 g/mol. The lowest BCUT2D eigenvalue weighted by molar-refractivity contribution is 0.306. The molecule has 1 aromatic rings. The van der Waals surface area contributed by atoms with Crippen molar-refractivity contribution >= 4 is 33.2 Å². The molecule has 3 unspecified atom stereocenters. The van der Waals surface area contributed by atoms with Crippen molar-refractivity contribution in [2.24, 2.45) is 5.92 Å². The van der Waals surface area contributed by atoms with E-state index in [0.29, 0.717) is 18.0 Å². The fraction of sp³-hybridized carbons (Fsp3) is 0.625. The van der Waals surface area contributed by atoms with E-state index in [0.717, 1.165) is 34.7 Å². The summed E-state index contributed by atoms with van der Waals surface area (Å²) in [7, 11) is 0. The van der Waals surface area contributed by atoms with Crippen LogP contribution >= 0.6 is 27.5 Å². The maximum Gasteiger partial charge on any atom is 0.0650 e. The molecule has 0 aliphatic carbocycles. The first-order chi connectivity index (χ1) is 9.56. The number of piperazine rings is 1. The van der Waals surface area contributed by atoms with Crippen molar-refractivity contribution in [3.05, 3.63) is 27.7 Å². The van der Waals surface area contributed by atoms with Gasteiger partial charge in [0.2, 0.25) is 0 Å².